The van der Waals surface area contributed by atoms with E-state index in [1.807, 2.05) is 30.2 Å². The number of aryl methyl sites for hydroxylation is 2. The highest BCUT2D eigenvalue weighted by Crippen LogP contribution is 2.35. The van der Waals surface area contributed by atoms with Gasteiger partial charge in [-0.3, -0.25) is 15.1 Å². The molecule has 0 atom stereocenters. The molecule has 6 nitrogen and oxygen atoms in total. The molecule has 2 aromatic rings. The molecule has 2 aromatic carbocycles. The topological polar surface area (TPSA) is 90.5 Å². The Hall–Kier alpha value is -3.08. The number of benzene rings is 2. The van der Waals surface area contributed by atoms with Crippen LogP contribution in [-0.2, 0) is 22.4 Å². The molecule has 0 aromatic heterocycles. The van der Waals surface area contributed by atoms with Crippen LogP contribution in [0, 0.1) is 5.41 Å². The van der Waals surface area contributed by atoms with E-state index in [1.165, 1.54) is 0 Å². The smallest absolute Gasteiger partial charge is 0.232 e. The number of halogens is 1. The number of rotatable bonds is 7. The molecule has 0 bridgehead atoms. The minimum absolute atomic E-state index is 0. The van der Waals surface area contributed by atoms with Crippen molar-refractivity contribution < 1.29 is 9.59 Å². The summed E-state index contributed by atoms with van der Waals surface area (Å²) in [5, 5.41) is 7.46. The van der Waals surface area contributed by atoms with Crippen molar-refractivity contribution in [2.45, 2.75) is 39.5 Å². The Morgan fingerprint density at radius 1 is 1.13 bits per heavy atom. The molecule has 0 radical (unpaired) electrons. The van der Waals surface area contributed by atoms with Crippen molar-refractivity contribution in [3.63, 3.8) is 0 Å². The van der Waals surface area contributed by atoms with Gasteiger partial charge in [-0.1, -0.05) is 24.3 Å². The molecule has 0 saturated heterocycles. The second kappa shape index (κ2) is 10.8. The maximum Gasteiger partial charge on any atom is 0.232 e. The highest BCUT2D eigenvalue weighted by atomic mass is 35.5. The van der Waals surface area contributed by atoms with Gasteiger partial charge in [0, 0.05) is 37.2 Å². The Bertz CT molecular complexity index is 993. The van der Waals surface area contributed by atoms with Crippen molar-refractivity contribution in [3.05, 3.63) is 64.9 Å². The number of nitrogens with zero attached hydrogens (tertiary/aromatic N) is 2. The third kappa shape index (κ3) is 5.35. The summed E-state index contributed by atoms with van der Waals surface area (Å²) >= 11 is 0. The van der Waals surface area contributed by atoms with Crippen molar-refractivity contribution in [2.75, 3.05) is 22.9 Å². The molecular formula is C24H29ClN4O2. The number of hydrogen-bond acceptors (Lipinski definition) is 4. The highest BCUT2D eigenvalue weighted by molar-refractivity contribution is 6.00. The largest absolute Gasteiger partial charge is 0.384 e. The van der Waals surface area contributed by atoms with Gasteiger partial charge in [0.05, 0.1) is 5.69 Å². The second-order valence-corrected chi connectivity index (χ2v) is 7.37. The number of anilines is 2. The number of fused-ring (bicyclic) bond motifs is 1. The fourth-order valence-electron chi connectivity index (χ4n) is 3.88. The first-order valence-electron chi connectivity index (χ1n) is 10.4. The summed E-state index contributed by atoms with van der Waals surface area (Å²) in [5.41, 5.74) is 10.5. The molecule has 164 valence electrons. The van der Waals surface area contributed by atoms with E-state index in [1.54, 1.807) is 17.0 Å². The van der Waals surface area contributed by atoms with Gasteiger partial charge < -0.3 is 10.6 Å². The SMILES string of the molecule is CCN(CC)c1ccc2c(c1)CCC(=C=O)N2C(=O)CCc1ccc(C(=N)N)cc1.Cl. The molecule has 1 heterocycles. The summed E-state index contributed by atoms with van der Waals surface area (Å²) in [7, 11) is 0. The number of hydrogen-bond donors (Lipinski definition) is 2. The first-order chi connectivity index (χ1) is 14.5. The van der Waals surface area contributed by atoms with Gasteiger partial charge in [0.2, 0.25) is 5.91 Å². The fraction of sp³-hybridized carbons (Fsp3) is 0.333. The van der Waals surface area contributed by atoms with Crippen LogP contribution in [0.4, 0.5) is 11.4 Å². The molecule has 31 heavy (non-hydrogen) atoms. The third-order valence-corrected chi connectivity index (χ3v) is 5.59. The van der Waals surface area contributed by atoms with Crippen molar-refractivity contribution in [1.29, 1.82) is 5.41 Å². The fourth-order valence-corrected chi connectivity index (χ4v) is 3.88. The number of carbonyl (C=O) groups is 1. The van der Waals surface area contributed by atoms with E-state index in [4.69, 9.17) is 11.1 Å². The van der Waals surface area contributed by atoms with Crippen LogP contribution in [0.3, 0.4) is 0 Å². The lowest BCUT2D eigenvalue weighted by molar-refractivity contribution is -0.118. The number of allylic oxidation sites excluding steroid dienone is 1. The van der Waals surface area contributed by atoms with Gasteiger partial charge in [-0.15, -0.1) is 12.4 Å². The first-order valence-corrected chi connectivity index (χ1v) is 10.4. The molecule has 3 rings (SSSR count). The van der Waals surface area contributed by atoms with Crippen molar-refractivity contribution >= 4 is 41.5 Å². The van der Waals surface area contributed by atoms with Gasteiger partial charge in [-0.05, 0) is 56.0 Å². The molecule has 0 spiro atoms. The molecular weight excluding hydrogens is 412 g/mol. The van der Waals surface area contributed by atoms with Crippen LogP contribution in [0.25, 0.3) is 0 Å². The molecule has 0 fully saturated rings. The van der Waals surface area contributed by atoms with Gasteiger partial charge in [0.25, 0.3) is 0 Å². The molecule has 3 N–H and O–H groups in total. The van der Waals surface area contributed by atoms with Crippen LogP contribution < -0.4 is 15.5 Å². The molecule has 0 unspecified atom stereocenters. The number of nitrogens with two attached hydrogens (primary N) is 1. The van der Waals surface area contributed by atoms with E-state index in [9.17, 15) is 9.59 Å². The van der Waals surface area contributed by atoms with Crippen LogP contribution in [-0.4, -0.2) is 30.8 Å². The van der Waals surface area contributed by atoms with E-state index >= 15 is 0 Å². The lowest BCUT2D eigenvalue weighted by atomic mass is 9.97. The number of amides is 1. The van der Waals surface area contributed by atoms with Gasteiger partial charge in [-0.2, -0.15) is 0 Å². The zero-order valence-electron chi connectivity index (χ0n) is 18.0. The van der Waals surface area contributed by atoms with Crippen LogP contribution in [0.15, 0.2) is 48.2 Å². The van der Waals surface area contributed by atoms with Crippen LogP contribution in [0.2, 0.25) is 0 Å². The highest BCUT2D eigenvalue weighted by Gasteiger charge is 2.28. The maximum absolute atomic E-state index is 13.1. The average molecular weight is 441 g/mol. The zero-order valence-corrected chi connectivity index (χ0v) is 18.8. The summed E-state index contributed by atoms with van der Waals surface area (Å²) in [6.45, 7) is 6.07. The van der Waals surface area contributed by atoms with Gasteiger partial charge in [0.1, 0.15) is 17.5 Å². The summed E-state index contributed by atoms with van der Waals surface area (Å²) in [6, 6.07) is 13.4. The zero-order chi connectivity index (χ0) is 21.7. The molecule has 1 aliphatic heterocycles. The lowest BCUT2D eigenvalue weighted by Crippen LogP contribution is -2.34. The number of nitrogens with one attached hydrogen (secondary N) is 1. The van der Waals surface area contributed by atoms with Crippen molar-refractivity contribution in [3.8, 4) is 0 Å². The van der Waals surface area contributed by atoms with Gasteiger partial charge in [-0.25, -0.2) is 4.79 Å². The Labute approximate surface area is 189 Å². The van der Waals surface area contributed by atoms with Crippen LogP contribution in [0.5, 0.6) is 0 Å². The van der Waals surface area contributed by atoms with Crippen LogP contribution in [0.1, 0.15) is 43.4 Å². The lowest BCUT2D eigenvalue weighted by Gasteiger charge is -2.31. The first kappa shape index (κ1) is 24.2. The van der Waals surface area contributed by atoms with E-state index in [2.05, 4.69) is 24.8 Å². The average Bonchev–Trinajstić information content (AvgIpc) is 2.77. The minimum Gasteiger partial charge on any atom is -0.384 e. The van der Waals surface area contributed by atoms with Gasteiger partial charge in [0.15, 0.2) is 0 Å². The standard InChI is InChI=1S/C24H28N4O2.ClH/c1-3-27(4-2)20-12-13-22-19(15-20)10-11-21(16-29)28(22)23(30)14-7-17-5-8-18(9-6-17)24(25)26;/h5-6,8-9,12-13,15H,3-4,7,10-11,14H2,1-2H3,(H3,25,26);1H. The second-order valence-electron chi connectivity index (χ2n) is 7.37. The normalized spacial score (nSPS) is 12.5. The van der Waals surface area contributed by atoms with E-state index in [0.717, 1.165) is 42.0 Å². The molecule has 0 saturated carbocycles. The maximum atomic E-state index is 13.1. The Kier molecular flexibility index (Phi) is 8.43. The summed E-state index contributed by atoms with van der Waals surface area (Å²) in [6.07, 6.45) is 2.07. The van der Waals surface area contributed by atoms with Crippen LogP contribution >= 0.6 is 12.4 Å². The Morgan fingerprint density at radius 3 is 2.39 bits per heavy atom. The number of amidine groups is 1. The minimum atomic E-state index is -0.111. The quantitative estimate of drug-likeness (QED) is 0.388. The van der Waals surface area contributed by atoms with E-state index in [-0.39, 0.29) is 30.6 Å². The van der Waals surface area contributed by atoms with Crippen molar-refractivity contribution in [2.24, 2.45) is 5.73 Å². The molecule has 0 aliphatic carbocycles. The predicted molar refractivity (Wildman–Crippen MR) is 128 cm³/mol. The Morgan fingerprint density at radius 2 is 1.81 bits per heavy atom. The molecule has 1 amide bonds. The summed E-state index contributed by atoms with van der Waals surface area (Å²) in [5.74, 6) is 1.89. The van der Waals surface area contributed by atoms with E-state index < -0.39 is 0 Å². The summed E-state index contributed by atoms with van der Waals surface area (Å²) in [4.78, 5) is 28.4. The van der Waals surface area contributed by atoms with Gasteiger partial charge >= 0.3 is 0 Å². The predicted octanol–water partition coefficient (Wildman–Crippen LogP) is 3.87. The molecule has 7 heteroatoms. The Balaban J connectivity index is 0.00000341. The third-order valence-electron chi connectivity index (χ3n) is 5.59. The van der Waals surface area contributed by atoms with Crippen molar-refractivity contribution in [1.82, 2.24) is 0 Å². The number of nitrogen functional groups attached to an aromatic ring is 1. The monoisotopic (exact) mass is 440 g/mol. The number of carbonyl (C=O) groups excluding carboxylic acids is 2. The van der Waals surface area contributed by atoms with E-state index in [0.29, 0.717) is 24.1 Å². The molecule has 1 aliphatic rings. The summed E-state index contributed by atoms with van der Waals surface area (Å²) < 4.78 is 0.